The molecule has 4 rings (SSSR count). The maximum absolute atomic E-state index is 12.9. The predicted molar refractivity (Wildman–Crippen MR) is 88.3 cm³/mol. The van der Waals surface area contributed by atoms with E-state index in [0.29, 0.717) is 47.4 Å². The van der Waals surface area contributed by atoms with E-state index in [2.05, 4.69) is 15.5 Å². The molecule has 1 aliphatic heterocycles. The molecule has 1 amide bonds. The van der Waals surface area contributed by atoms with Crippen molar-refractivity contribution in [1.82, 2.24) is 15.5 Å². The number of amides is 1. The van der Waals surface area contributed by atoms with Crippen LogP contribution in [-0.2, 0) is 6.42 Å². The summed E-state index contributed by atoms with van der Waals surface area (Å²) < 4.78 is 28.9. The zero-order valence-corrected chi connectivity index (χ0v) is 13.6. The fourth-order valence-electron chi connectivity index (χ4n) is 2.49. The predicted octanol–water partition coefficient (Wildman–Crippen LogP) is 2.58. The van der Waals surface area contributed by atoms with E-state index in [-0.39, 0.29) is 18.5 Å². The van der Waals surface area contributed by atoms with Gasteiger partial charge in [-0.25, -0.2) is 4.39 Å². The van der Waals surface area contributed by atoms with Gasteiger partial charge in [-0.1, -0.05) is 0 Å². The minimum absolute atomic E-state index is 0.161. The van der Waals surface area contributed by atoms with Crippen molar-refractivity contribution in [3.63, 3.8) is 0 Å². The summed E-state index contributed by atoms with van der Waals surface area (Å²) in [6.07, 6.45) is 0.379. The molecule has 132 valence electrons. The van der Waals surface area contributed by atoms with E-state index in [0.717, 1.165) is 0 Å². The third-order valence-electron chi connectivity index (χ3n) is 3.82. The Morgan fingerprint density at radius 1 is 1.08 bits per heavy atom. The summed E-state index contributed by atoms with van der Waals surface area (Å²) in [6, 6.07) is 10.8. The second kappa shape index (κ2) is 6.83. The van der Waals surface area contributed by atoms with E-state index in [1.807, 2.05) is 0 Å². The van der Waals surface area contributed by atoms with Gasteiger partial charge in [0.2, 0.25) is 18.6 Å². The van der Waals surface area contributed by atoms with Crippen LogP contribution in [0.3, 0.4) is 0 Å². The molecule has 0 saturated carbocycles. The number of rotatable bonds is 5. The Morgan fingerprint density at radius 3 is 2.73 bits per heavy atom. The summed E-state index contributed by atoms with van der Waals surface area (Å²) in [6.45, 7) is 0.492. The maximum Gasteiger partial charge on any atom is 0.251 e. The number of nitrogens with zero attached hydrogens (tertiary/aromatic N) is 2. The number of hydrogen-bond donors (Lipinski definition) is 1. The Kier molecular flexibility index (Phi) is 4.22. The second-order valence-corrected chi connectivity index (χ2v) is 5.58. The molecule has 0 unspecified atom stereocenters. The molecule has 8 heteroatoms. The van der Waals surface area contributed by atoms with Gasteiger partial charge in [-0.2, -0.15) is 0 Å². The normalized spacial score (nSPS) is 12.2. The Morgan fingerprint density at radius 2 is 1.88 bits per heavy atom. The molecule has 7 nitrogen and oxygen atoms in total. The highest BCUT2D eigenvalue weighted by molar-refractivity contribution is 5.94. The number of aromatic nitrogens is 2. The van der Waals surface area contributed by atoms with Gasteiger partial charge < -0.3 is 19.2 Å². The lowest BCUT2D eigenvalue weighted by Gasteiger charge is -2.04. The Bertz CT molecular complexity index is 940. The third kappa shape index (κ3) is 3.34. The first-order valence-corrected chi connectivity index (χ1v) is 7.95. The van der Waals surface area contributed by atoms with E-state index in [4.69, 9.17) is 13.9 Å². The quantitative estimate of drug-likeness (QED) is 0.757. The van der Waals surface area contributed by atoms with Crippen molar-refractivity contribution in [1.29, 1.82) is 0 Å². The second-order valence-electron chi connectivity index (χ2n) is 5.58. The van der Waals surface area contributed by atoms with Crippen LogP contribution < -0.4 is 14.8 Å². The number of carbonyl (C=O) groups excluding carboxylic acids is 1. The van der Waals surface area contributed by atoms with Gasteiger partial charge in [-0.05, 0) is 42.5 Å². The van der Waals surface area contributed by atoms with Crippen molar-refractivity contribution in [3.05, 3.63) is 59.7 Å². The first-order chi connectivity index (χ1) is 12.7. The number of halogens is 1. The van der Waals surface area contributed by atoms with E-state index >= 15 is 0 Å². The molecule has 0 spiro atoms. The maximum atomic E-state index is 12.9. The van der Waals surface area contributed by atoms with Crippen molar-refractivity contribution in [3.8, 4) is 23.0 Å². The molecule has 26 heavy (non-hydrogen) atoms. The Labute approximate surface area is 147 Å². The molecular weight excluding hydrogens is 341 g/mol. The molecule has 1 aliphatic rings. The molecule has 0 atom stereocenters. The summed E-state index contributed by atoms with van der Waals surface area (Å²) in [5, 5.41) is 10.6. The van der Waals surface area contributed by atoms with Crippen molar-refractivity contribution in [2.45, 2.75) is 6.42 Å². The first-order valence-electron chi connectivity index (χ1n) is 7.95. The van der Waals surface area contributed by atoms with Gasteiger partial charge in [0.1, 0.15) is 5.82 Å². The van der Waals surface area contributed by atoms with Gasteiger partial charge in [0.05, 0.1) is 0 Å². The van der Waals surface area contributed by atoms with E-state index in [9.17, 15) is 9.18 Å². The van der Waals surface area contributed by atoms with E-state index in [1.54, 1.807) is 30.3 Å². The number of benzene rings is 2. The molecule has 1 aromatic heterocycles. The average molecular weight is 355 g/mol. The molecule has 0 radical (unpaired) electrons. The van der Waals surface area contributed by atoms with Crippen molar-refractivity contribution < 1.29 is 23.1 Å². The van der Waals surface area contributed by atoms with Crippen LogP contribution in [0.1, 0.15) is 16.2 Å². The molecular formula is C18H14FN3O4. The van der Waals surface area contributed by atoms with Crippen LogP contribution in [0.15, 0.2) is 46.9 Å². The van der Waals surface area contributed by atoms with Crippen molar-refractivity contribution >= 4 is 5.91 Å². The van der Waals surface area contributed by atoms with Crippen LogP contribution in [0.25, 0.3) is 11.5 Å². The summed E-state index contributed by atoms with van der Waals surface area (Å²) >= 11 is 0. The minimum atomic E-state index is -0.334. The van der Waals surface area contributed by atoms with Crippen LogP contribution >= 0.6 is 0 Å². The molecule has 0 saturated heterocycles. The monoisotopic (exact) mass is 355 g/mol. The SMILES string of the molecule is O=C(NCCc1nnc(-c2ccc(F)cc2)o1)c1ccc2c(c1)OCO2. The number of carbonyl (C=O) groups is 1. The van der Waals surface area contributed by atoms with Crippen molar-refractivity contribution in [2.75, 3.05) is 13.3 Å². The largest absolute Gasteiger partial charge is 0.454 e. The summed E-state index contributed by atoms with van der Waals surface area (Å²) in [5.74, 6) is 1.30. The zero-order valence-electron chi connectivity index (χ0n) is 13.6. The van der Waals surface area contributed by atoms with Crippen molar-refractivity contribution in [2.24, 2.45) is 0 Å². The highest BCUT2D eigenvalue weighted by Crippen LogP contribution is 2.32. The smallest absolute Gasteiger partial charge is 0.251 e. The lowest BCUT2D eigenvalue weighted by Crippen LogP contribution is -2.25. The van der Waals surface area contributed by atoms with Crippen LogP contribution in [0.5, 0.6) is 11.5 Å². The van der Waals surface area contributed by atoms with Gasteiger partial charge in [-0.15, -0.1) is 10.2 Å². The summed E-state index contributed by atoms with van der Waals surface area (Å²) in [7, 11) is 0. The number of nitrogens with one attached hydrogen (secondary N) is 1. The topological polar surface area (TPSA) is 86.5 Å². The average Bonchev–Trinajstić information content (AvgIpc) is 3.31. The van der Waals surface area contributed by atoms with Crippen LogP contribution in [0.4, 0.5) is 4.39 Å². The highest BCUT2D eigenvalue weighted by atomic mass is 19.1. The molecule has 0 bridgehead atoms. The van der Waals surface area contributed by atoms with E-state index < -0.39 is 0 Å². The molecule has 0 fully saturated rings. The molecule has 1 N–H and O–H groups in total. The zero-order chi connectivity index (χ0) is 17.9. The number of hydrogen-bond acceptors (Lipinski definition) is 6. The first kappa shape index (κ1) is 16.1. The van der Waals surface area contributed by atoms with Gasteiger partial charge in [0.15, 0.2) is 11.5 Å². The number of ether oxygens (including phenoxy) is 2. The summed E-state index contributed by atoms with van der Waals surface area (Å²) in [4.78, 5) is 12.2. The lowest BCUT2D eigenvalue weighted by molar-refractivity contribution is 0.0953. The van der Waals surface area contributed by atoms with Crippen LogP contribution in [0, 0.1) is 5.82 Å². The number of fused-ring (bicyclic) bond motifs is 1. The molecule has 3 aromatic rings. The van der Waals surface area contributed by atoms with E-state index in [1.165, 1.54) is 12.1 Å². The van der Waals surface area contributed by atoms with Crippen LogP contribution in [-0.4, -0.2) is 29.4 Å². The van der Waals surface area contributed by atoms with Gasteiger partial charge >= 0.3 is 0 Å². The van der Waals surface area contributed by atoms with Gasteiger partial charge in [0, 0.05) is 24.1 Å². The Hall–Kier alpha value is -3.42. The summed E-state index contributed by atoms with van der Waals surface area (Å²) in [5.41, 5.74) is 1.11. The minimum Gasteiger partial charge on any atom is -0.454 e. The van der Waals surface area contributed by atoms with Gasteiger partial charge in [0.25, 0.3) is 5.91 Å². The standard InChI is InChI=1S/C18H14FN3O4/c19-13-4-1-11(2-5-13)18-22-21-16(26-18)7-8-20-17(23)12-3-6-14-15(9-12)25-10-24-14/h1-6,9H,7-8,10H2,(H,20,23). The Balaban J connectivity index is 1.33. The molecule has 2 heterocycles. The fourth-order valence-corrected chi connectivity index (χ4v) is 2.49. The third-order valence-corrected chi connectivity index (χ3v) is 3.82. The molecule has 2 aromatic carbocycles. The highest BCUT2D eigenvalue weighted by Gasteiger charge is 2.16. The molecule has 0 aliphatic carbocycles. The lowest BCUT2D eigenvalue weighted by atomic mass is 10.2. The van der Waals surface area contributed by atoms with Crippen LogP contribution in [0.2, 0.25) is 0 Å². The van der Waals surface area contributed by atoms with Gasteiger partial charge in [-0.3, -0.25) is 4.79 Å². The fraction of sp³-hybridized carbons (Fsp3) is 0.167.